The van der Waals surface area contributed by atoms with Gasteiger partial charge in [0.05, 0.1) is 14.2 Å². The molecule has 1 N–H and O–H groups in total. The summed E-state index contributed by atoms with van der Waals surface area (Å²) in [7, 11) is 5.24. The van der Waals surface area contributed by atoms with Gasteiger partial charge in [-0.1, -0.05) is 0 Å². The fraction of sp³-hybridized carbons (Fsp3) is 0.538. The molecule has 1 heterocycles. The van der Waals surface area contributed by atoms with Crippen LogP contribution >= 0.6 is 0 Å². The van der Waals surface area contributed by atoms with E-state index in [9.17, 15) is 5.11 Å². The van der Waals surface area contributed by atoms with Gasteiger partial charge in [0.2, 0.25) is 5.75 Å². The predicted molar refractivity (Wildman–Crippen MR) is 66.0 cm³/mol. The van der Waals surface area contributed by atoms with Crippen molar-refractivity contribution in [3.05, 3.63) is 17.2 Å². The molecule has 0 amide bonds. The lowest BCUT2D eigenvalue weighted by Crippen LogP contribution is -2.30. The summed E-state index contributed by atoms with van der Waals surface area (Å²) in [5.74, 6) is 1.23. The molecule has 94 valence electrons. The fourth-order valence-electron chi connectivity index (χ4n) is 2.47. The third kappa shape index (κ3) is 1.82. The lowest BCUT2D eigenvalue weighted by molar-refractivity contribution is 0.236. The highest BCUT2D eigenvalue weighted by molar-refractivity contribution is 5.60. The van der Waals surface area contributed by atoms with Crippen LogP contribution in [0, 0.1) is 0 Å². The molecule has 1 aliphatic heterocycles. The Kier molecular flexibility index (Phi) is 3.15. The number of methoxy groups -OCH3 is 2. The summed E-state index contributed by atoms with van der Waals surface area (Å²) in [5, 5.41) is 9.91. The van der Waals surface area contributed by atoms with Gasteiger partial charge in [-0.15, -0.1) is 0 Å². The molecule has 0 fully saturated rings. The van der Waals surface area contributed by atoms with Crippen LogP contribution in [0.15, 0.2) is 6.07 Å². The number of benzene rings is 1. The molecule has 0 bridgehead atoms. The number of ether oxygens (including phenoxy) is 2. The van der Waals surface area contributed by atoms with Gasteiger partial charge < -0.3 is 14.6 Å². The maximum atomic E-state index is 9.91. The topological polar surface area (TPSA) is 41.9 Å². The van der Waals surface area contributed by atoms with Crippen LogP contribution in [0.1, 0.15) is 24.1 Å². The molecule has 4 heteroatoms. The van der Waals surface area contributed by atoms with Gasteiger partial charge in [0, 0.05) is 18.2 Å². The molecular formula is C13H19NO3. The van der Waals surface area contributed by atoms with Crippen molar-refractivity contribution in [2.45, 2.75) is 19.4 Å². The first kappa shape index (κ1) is 12.0. The van der Waals surface area contributed by atoms with Crippen molar-refractivity contribution < 1.29 is 14.6 Å². The highest BCUT2D eigenvalue weighted by Gasteiger charge is 2.28. The van der Waals surface area contributed by atoms with Gasteiger partial charge in [0.25, 0.3) is 0 Å². The number of hydrogen-bond donors (Lipinski definition) is 1. The van der Waals surface area contributed by atoms with Crippen molar-refractivity contribution in [3.8, 4) is 17.2 Å². The third-order valence-corrected chi connectivity index (χ3v) is 3.56. The van der Waals surface area contributed by atoms with E-state index >= 15 is 0 Å². The van der Waals surface area contributed by atoms with E-state index in [0.717, 1.165) is 24.1 Å². The first-order chi connectivity index (χ1) is 8.10. The minimum absolute atomic E-state index is 0.153. The largest absolute Gasteiger partial charge is 0.504 e. The second kappa shape index (κ2) is 4.45. The maximum absolute atomic E-state index is 9.91. The molecule has 1 aromatic carbocycles. The minimum Gasteiger partial charge on any atom is -0.504 e. The number of nitrogens with zero attached hydrogens (tertiary/aromatic N) is 1. The van der Waals surface area contributed by atoms with Crippen LogP contribution in [-0.4, -0.2) is 37.8 Å². The molecule has 0 spiro atoms. The second-order valence-electron chi connectivity index (χ2n) is 4.44. The van der Waals surface area contributed by atoms with E-state index in [4.69, 9.17) is 9.47 Å². The molecule has 0 radical (unpaired) electrons. The van der Waals surface area contributed by atoms with Gasteiger partial charge in [-0.25, -0.2) is 0 Å². The minimum atomic E-state index is 0.153. The number of rotatable bonds is 2. The number of fused-ring (bicyclic) bond motifs is 1. The van der Waals surface area contributed by atoms with Gasteiger partial charge in [-0.05, 0) is 32.0 Å². The van der Waals surface area contributed by atoms with E-state index in [1.807, 2.05) is 0 Å². The molecule has 4 nitrogen and oxygen atoms in total. The van der Waals surface area contributed by atoms with Crippen LogP contribution in [-0.2, 0) is 6.42 Å². The molecule has 0 saturated carbocycles. The van der Waals surface area contributed by atoms with Crippen molar-refractivity contribution in [2.75, 3.05) is 27.8 Å². The van der Waals surface area contributed by atoms with E-state index in [2.05, 4.69) is 18.9 Å². The zero-order valence-electron chi connectivity index (χ0n) is 10.8. The number of phenolic OH excluding ortho intramolecular Hbond substituents is 1. The number of hydrogen-bond acceptors (Lipinski definition) is 4. The summed E-state index contributed by atoms with van der Waals surface area (Å²) >= 11 is 0. The Bertz CT molecular complexity index is 431. The quantitative estimate of drug-likeness (QED) is 0.853. The first-order valence-electron chi connectivity index (χ1n) is 5.77. The monoisotopic (exact) mass is 237 g/mol. The average molecular weight is 237 g/mol. The summed E-state index contributed by atoms with van der Waals surface area (Å²) in [6.45, 7) is 3.13. The Balaban J connectivity index is 2.64. The molecular weight excluding hydrogens is 218 g/mol. The highest BCUT2D eigenvalue weighted by Crippen LogP contribution is 2.46. The maximum Gasteiger partial charge on any atom is 0.203 e. The van der Waals surface area contributed by atoms with Crippen LogP contribution in [0.2, 0.25) is 0 Å². The summed E-state index contributed by atoms with van der Waals surface area (Å²) in [6.07, 6.45) is 0.921. The predicted octanol–water partition coefficient (Wildman–Crippen LogP) is 1.96. The second-order valence-corrected chi connectivity index (χ2v) is 4.44. The summed E-state index contributed by atoms with van der Waals surface area (Å²) < 4.78 is 10.6. The third-order valence-electron chi connectivity index (χ3n) is 3.56. The van der Waals surface area contributed by atoms with Gasteiger partial charge in [0.15, 0.2) is 11.5 Å². The average Bonchev–Trinajstić information content (AvgIpc) is 2.32. The zero-order chi connectivity index (χ0) is 12.6. The lowest BCUT2D eigenvalue weighted by atomic mass is 9.92. The van der Waals surface area contributed by atoms with Gasteiger partial charge >= 0.3 is 0 Å². The van der Waals surface area contributed by atoms with E-state index in [-0.39, 0.29) is 11.8 Å². The van der Waals surface area contributed by atoms with Crippen molar-refractivity contribution in [2.24, 2.45) is 0 Å². The molecule has 0 aliphatic carbocycles. The zero-order valence-corrected chi connectivity index (χ0v) is 10.8. The van der Waals surface area contributed by atoms with Crippen molar-refractivity contribution in [3.63, 3.8) is 0 Å². The van der Waals surface area contributed by atoms with Crippen LogP contribution < -0.4 is 9.47 Å². The summed E-state index contributed by atoms with van der Waals surface area (Å²) in [5.41, 5.74) is 2.27. The normalized spacial score (nSPS) is 19.9. The van der Waals surface area contributed by atoms with Crippen LogP contribution in [0.5, 0.6) is 17.2 Å². The Morgan fingerprint density at radius 3 is 2.53 bits per heavy atom. The Morgan fingerprint density at radius 1 is 1.29 bits per heavy atom. The molecule has 0 aromatic heterocycles. The number of phenols is 1. The Morgan fingerprint density at radius 2 is 1.94 bits per heavy atom. The molecule has 1 unspecified atom stereocenters. The van der Waals surface area contributed by atoms with Crippen LogP contribution in [0.25, 0.3) is 0 Å². The first-order valence-corrected chi connectivity index (χ1v) is 5.77. The molecule has 17 heavy (non-hydrogen) atoms. The van der Waals surface area contributed by atoms with E-state index < -0.39 is 0 Å². The summed E-state index contributed by atoms with van der Waals surface area (Å²) in [6, 6.07) is 2.06. The van der Waals surface area contributed by atoms with Gasteiger partial charge in [-0.3, -0.25) is 4.90 Å². The van der Waals surface area contributed by atoms with Crippen LogP contribution in [0.3, 0.4) is 0 Å². The number of likely N-dealkylation sites (N-methyl/N-ethyl adjacent to an activating group) is 1. The van der Waals surface area contributed by atoms with E-state index in [0.29, 0.717) is 11.5 Å². The molecule has 1 atom stereocenters. The SMILES string of the molecule is COc1c(O)cc2c(c1OC)C(C)N(C)CC2. The fourth-order valence-corrected chi connectivity index (χ4v) is 2.47. The Hall–Kier alpha value is -1.42. The van der Waals surface area contributed by atoms with Gasteiger partial charge in [0.1, 0.15) is 0 Å². The standard InChI is InChI=1S/C13H19NO3/c1-8-11-9(5-6-14(8)2)7-10(15)12(16-3)13(11)17-4/h7-8,15H,5-6H2,1-4H3. The molecule has 1 aromatic rings. The van der Waals surface area contributed by atoms with E-state index in [1.54, 1.807) is 20.3 Å². The highest BCUT2D eigenvalue weighted by atomic mass is 16.5. The number of aromatic hydroxyl groups is 1. The van der Waals surface area contributed by atoms with E-state index in [1.165, 1.54) is 0 Å². The smallest absolute Gasteiger partial charge is 0.203 e. The van der Waals surface area contributed by atoms with Crippen molar-refractivity contribution >= 4 is 0 Å². The van der Waals surface area contributed by atoms with Crippen LogP contribution in [0.4, 0.5) is 0 Å². The van der Waals surface area contributed by atoms with Crippen molar-refractivity contribution in [1.29, 1.82) is 0 Å². The molecule has 0 saturated heterocycles. The van der Waals surface area contributed by atoms with Gasteiger partial charge in [-0.2, -0.15) is 0 Å². The molecule has 2 rings (SSSR count). The Labute approximate surface area is 102 Å². The molecule has 1 aliphatic rings. The van der Waals surface area contributed by atoms with Crippen molar-refractivity contribution in [1.82, 2.24) is 4.90 Å². The lowest BCUT2D eigenvalue weighted by Gasteiger charge is -2.33. The summed E-state index contributed by atoms with van der Waals surface area (Å²) in [4.78, 5) is 2.27.